The SMILES string of the molecule is O=C(O)Cc1cccc(C(=O)N2CC[C@@H](Oc3cccc(Cl)c3)C2)c1. The summed E-state index contributed by atoms with van der Waals surface area (Å²) in [6.45, 7) is 1.10. The van der Waals surface area contributed by atoms with Crippen LogP contribution in [0, 0.1) is 0 Å². The highest BCUT2D eigenvalue weighted by molar-refractivity contribution is 6.30. The summed E-state index contributed by atoms with van der Waals surface area (Å²) >= 11 is 5.95. The highest BCUT2D eigenvalue weighted by Crippen LogP contribution is 2.22. The number of benzene rings is 2. The highest BCUT2D eigenvalue weighted by Gasteiger charge is 2.28. The molecule has 1 fully saturated rings. The van der Waals surface area contributed by atoms with Crippen LogP contribution in [0.4, 0.5) is 0 Å². The predicted molar refractivity (Wildman–Crippen MR) is 94.2 cm³/mol. The minimum Gasteiger partial charge on any atom is -0.488 e. The zero-order valence-electron chi connectivity index (χ0n) is 13.5. The van der Waals surface area contributed by atoms with Crippen molar-refractivity contribution in [3.8, 4) is 5.75 Å². The molecule has 1 aliphatic rings. The number of rotatable bonds is 5. The van der Waals surface area contributed by atoms with Crippen LogP contribution in [0.1, 0.15) is 22.3 Å². The highest BCUT2D eigenvalue weighted by atomic mass is 35.5. The van der Waals surface area contributed by atoms with Crippen molar-refractivity contribution in [3.05, 3.63) is 64.7 Å². The molecule has 0 saturated carbocycles. The zero-order chi connectivity index (χ0) is 17.8. The topological polar surface area (TPSA) is 66.8 Å². The minimum atomic E-state index is -0.916. The maximum Gasteiger partial charge on any atom is 0.307 e. The van der Waals surface area contributed by atoms with Crippen LogP contribution in [0.2, 0.25) is 5.02 Å². The number of likely N-dealkylation sites (tertiary alicyclic amines) is 1. The summed E-state index contributed by atoms with van der Waals surface area (Å²) in [5.74, 6) is -0.333. The molecule has 1 aliphatic heterocycles. The Kier molecular flexibility index (Phi) is 5.24. The number of nitrogens with zero attached hydrogens (tertiary/aromatic N) is 1. The first kappa shape index (κ1) is 17.3. The molecule has 6 heteroatoms. The van der Waals surface area contributed by atoms with E-state index >= 15 is 0 Å². The van der Waals surface area contributed by atoms with Crippen LogP contribution in [0.15, 0.2) is 48.5 Å². The number of carbonyl (C=O) groups is 2. The van der Waals surface area contributed by atoms with Crippen molar-refractivity contribution in [2.24, 2.45) is 0 Å². The van der Waals surface area contributed by atoms with E-state index in [2.05, 4.69) is 0 Å². The number of hydrogen-bond donors (Lipinski definition) is 1. The van der Waals surface area contributed by atoms with Crippen LogP contribution in [-0.4, -0.2) is 41.1 Å². The molecule has 2 aromatic carbocycles. The Morgan fingerprint density at radius 1 is 1.20 bits per heavy atom. The summed E-state index contributed by atoms with van der Waals surface area (Å²) in [5.41, 5.74) is 1.12. The van der Waals surface area contributed by atoms with E-state index in [1.54, 1.807) is 41.3 Å². The van der Waals surface area contributed by atoms with Gasteiger partial charge in [0.1, 0.15) is 11.9 Å². The molecule has 0 spiro atoms. The van der Waals surface area contributed by atoms with E-state index in [0.717, 1.165) is 6.42 Å². The lowest BCUT2D eigenvalue weighted by Gasteiger charge is -2.18. The number of carboxylic acids is 1. The average molecular weight is 360 g/mol. The first-order valence-corrected chi connectivity index (χ1v) is 8.41. The molecule has 0 unspecified atom stereocenters. The second kappa shape index (κ2) is 7.57. The van der Waals surface area contributed by atoms with Gasteiger partial charge in [-0.05, 0) is 35.9 Å². The van der Waals surface area contributed by atoms with E-state index in [4.69, 9.17) is 21.4 Å². The van der Waals surface area contributed by atoms with Crippen LogP contribution < -0.4 is 4.74 Å². The monoisotopic (exact) mass is 359 g/mol. The van der Waals surface area contributed by atoms with Crippen molar-refractivity contribution in [2.45, 2.75) is 18.9 Å². The number of amides is 1. The van der Waals surface area contributed by atoms with E-state index in [0.29, 0.717) is 35.0 Å². The summed E-state index contributed by atoms with van der Waals surface area (Å²) in [4.78, 5) is 25.2. The quantitative estimate of drug-likeness (QED) is 0.889. The normalized spacial score (nSPS) is 16.7. The predicted octanol–water partition coefficient (Wildman–Crippen LogP) is 3.26. The molecule has 1 heterocycles. The third-order valence-corrected chi connectivity index (χ3v) is 4.30. The second-order valence-electron chi connectivity index (χ2n) is 6.01. The van der Waals surface area contributed by atoms with Gasteiger partial charge < -0.3 is 14.7 Å². The number of hydrogen-bond acceptors (Lipinski definition) is 3. The lowest BCUT2D eigenvalue weighted by molar-refractivity contribution is -0.136. The molecule has 3 rings (SSSR count). The van der Waals surface area contributed by atoms with Crippen molar-refractivity contribution < 1.29 is 19.4 Å². The molecule has 0 aromatic heterocycles. The molecule has 2 aromatic rings. The molecule has 1 atom stereocenters. The third-order valence-electron chi connectivity index (χ3n) is 4.06. The molecule has 5 nitrogen and oxygen atoms in total. The Morgan fingerprint density at radius 3 is 2.76 bits per heavy atom. The Morgan fingerprint density at radius 2 is 2.00 bits per heavy atom. The van der Waals surface area contributed by atoms with Gasteiger partial charge in [-0.25, -0.2) is 0 Å². The molecule has 0 bridgehead atoms. The Labute approximate surface area is 150 Å². The fourth-order valence-corrected chi connectivity index (χ4v) is 3.09. The summed E-state index contributed by atoms with van der Waals surface area (Å²) in [6.07, 6.45) is 0.568. The van der Waals surface area contributed by atoms with Crippen molar-refractivity contribution in [2.75, 3.05) is 13.1 Å². The Balaban J connectivity index is 1.63. The standard InChI is InChI=1S/C19H18ClNO4/c20-15-5-2-6-16(11-15)25-17-7-8-21(12-17)19(24)14-4-1-3-13(9-14)10-18(22)23/h1-6,9,11,17H,7-8,10,12H2,(H,22,23)/t17-/m1/s1. The van der Waals surface area contributed by atoms with Crippen LogP contribution >= 0.6 is 11.6 Å². The molecule has 0 aliphatic carbocycles. The third kappa shape index (κ3) is 4.51. The van der Waals surface area contributed by atoms with Gasteiger partial charge in [0, 0.05) is 23.6 Å². The van der Waals surface area contributed by atoms with Crippen molar-refractivity contribution in [1.29, 1.82) is 0 Å². The fourth-order valence-electron chi connectivity index (χ4n) is 2.91. The first-order chi connectivity index (χ1) is 12.0. The Bertz CT molecular complexity index is 792. The van der Waals surface area contributed by atoms with Gasteiger partial charge in [-0.3, -0.25) is 9.59 Å². The van der Waals surface area contributed by atoms with Gasteiger partial charge in [0.2, 0.25) is 0 Å². The summed E-state index contributed by atoms with van der Waals surface area (Å²) in [6, 6.07) is 14.0. The molecular formula is C19H18ClNO4. The maximum atomic E-state index is 12.6. The van der Waals surface area contributed by atoms with E-state index in [1.807, 2.05) is 12.1 Å². The lowest BCUT2D eigenvalue weighted by atomic mass is 10.1. The molecule has 1 saturated heterocycles. The maximum absolute atomic E-state index is 12.6. The molecule has 1 amide bonds. The Hall–Kier alpha value is -2.53. The van der Waals surface area contributed by atoms with E-state index in [1.165, 1.54) is 0 Å². The zero-order valence-corrected chi connectivity index (χ0v) is 14.3. The molecular weight excluding hydrogens is 342 g/mol. The van der Waals surface area contributed by atoms with Crippen LogP contribution in [-0.2, 0) is 11.2 Å². The number of halogens is 1. The van der Waals surface area contributed by atoms with Crippen LogP contribution in [0.3, 0.4) is 0 Å². The van der Waals surface area contributed by atoms with Gasteiger partial charge in [-0.1, -0.05) is 29.8 Å². The number of carboxylic acid groups (broad SMARTS) is 1. The molecule has 1 N–H and O–H groups in total. The minimum absolute atomic E-state index is 0.0791. The van der Waals surface area contributed by atoms with Crippen molar-refractivity contribution in [1.82, 2.24) is 4.90 Å². The van der Waals surface area contributed by atoms with Crippen LogP contribution in [0.25, 0.3) is 0 Å². The van der Waals surface area contributed by atoms with Gasteiger partial charge in [0.15, 0.2) is 0 Å². The van der Waals surface area contributed by atoms with Crippen LogP contribution in [0.5, 0.6) is 5.75 Å². The number of carbonyl (C=O) groups excluding carboxylic acids is 1. The molecule has 130 valence electrons. The summed E-state index contributed by atoms with van der Waals surface area (Å²) in [7, 11) is 0. The van der Waals surface area contributed by atoms with Gasteiger partial charge >= 0.3 is 5.97 Å². The number of ether oxygens (including phenoxy) is 1. The van der Waals surface area contributed by atoms with Crippen molar-refractivity contribution in [3.63, 3.8) is 0 Å². The fraction of sp³-hybridized carbons (Fsp3) is 0.263. The van der Waals surface area contributed by atoms with E-state index < -0.39 is 5.97 Å². The lowest BCUT2D eigenvalue weighted by Crippen LogP contribution is -2.31. The number of aliphatic carboxylic acids is 1. The largest absolute Gasteiger partial charge is 0.488 e. The smallest absolute Gasteiger partial charge is 0.307 e. The van der Waals surface area contributed by atoms with Crippen molar-refractivity contribution >= 4 is 23.5 Å². The van der Waals surface area contributed by atoms with Gasteiger partial charge in [-0.15, -0.1) is 0 Å². The van der Waals surface area contributed by atoms with Gasteiger partial charge in [0.05, 0.1) is 13.0 Å². The summed E-state index contributed by atoms with van der Waals surface area (Å²) in [5, 5.41) is 9.49. The van der Waals surface area contributed by atoms with Gasteiger partial charge in [0.25, 0.3) is 5.91 Å². The first-order valence-electron chi connectivity index (χ1n) is 8.03. The second-order valence-corrected chi connectivity index (χ2v) is 6.44. The van der Waals surface area contributed by atoms with E-state index in [9.17, 15) is 9.59 Å². The average Bonchev–Trinajstić information content (AvgIpc) is 3.02. The van der Waals surface area contributed by atoms with Gasteiger partial charge in [-0.2, -0.15) is 0 Å². The molecule has 25 heavy (non-hydrogen) atoms. The molecule has 0 radical (unpaired) electrons. The summed E-state index contributed by atoms with van der Waals surface area (Å²) < 4.78 is 5.89. The van der Waals surface area contributed by atoms with E-state index in [-0.39, 0.29) is 18.4 Å².